The number of carbonyl (C=O) groups excluding carboxylic acids is 1. The second-order valence-corrected chi connectivity index (χ2v) is 3.84. The molecule has 2 N–H and O–H groups in total. The largest absolute Gasteiger partial charge is 0.406 e. The molecule has 0 aromatic heterocycles. The summed E-state index contributed by atoms with van der Waals surface area (Å²) in [7, 11) is 0. The summed E-state index contributed by atoms with van der Waals surface area (Å²) >= 11 is 0. The predicted molar refractivity (Wildman–Crippen MR) is 55.8 cm³/mol. The van der Waals surface area contributed by atoms with Crippen LogP contribution in [0.1, 0.15) is 33.6 Å². The topological polar surface area (TPSA) is 46.3 Å². The SMILES string of the molecule is CCC(CC)N(CC(F)(F)F)C(=O)C(C)N. The molecule has 0 spiro atoms. The lowest BCUT2D eigenvalue weighted by Gasteiger charge is -2.32. The molecule has 1 unspecified atom stereocenters. The van der Waals surface area contributed by atoms with Crippen molar-refractivity contribution in [2.24, 2.45) is 5.73 Å². The Morgan fingerprint density at radius 2 is 1.75 bits per heavy atom. The van der Waals surface area contributed by atoms with Gasteiger partial charge in [0.05, 0.1) is 6.04 Å². The van der Waals surface area contributed by atoms with Gasteiger partial charge >= 0.3 is 6.18 Å². The molecule has 0 fully saturated rings. The van der Waals surface area contributed by atoms with Gasteiger partial charge in [-0.1, -0.05) is 13.8 Å². The number of carbonyl (C=O) groups is 1. The number of hydrogen-bond donors (Lipinski definition) is 1. The fourth-order valence-corrected chi connectivity index (χ4v) is 1.57. The average molecular weight is 240 g/mol. The van der Waals surface area contributed by atoms with Gasteiger partial charge in [0.2, 0.25) is 5.91 Å². The van der Waals surface area contributed by atoms with Crippen LogP contribution in [-0.2, 0) is 4.79 Å². The maximum atomic E-state index is 12.3. The molecule has 0 aromatic carbocycles. The minimum Gasteiger partial charge on any atom is -0.329 e. The van der Waals surface area contributed by atoms with Crippen molar-refractivity contribution in [1.82, 2.24) is 4.90 Å². The number of halogens is 3. The third kappa shape index (κ3) is 4.83. The summed E-state index contributed by atoms with van der Waals surface area (Å²) in [5.74, 6) is -0.647. The van der Waals surface area contributed by atoms with Gasteiger partial charge in [0.1, 0.15) is 6.54 Å². The maximum Gasteiger partial charge on any atom is 0.406 e. The van der Waals surface area contributed by atoms with E-state index in [4.69, 9.17) is 5.73 Å². The first-order valence-electron chi connectivity index (χ1n) is 5.35. The molecule has 1 amide bonds. The Kier molecular flexibility index (Phi) is 5.78. The van der Waals surface area contributed by atoms with E-state index in [1.165, 1.54) is 6.92 Å². The van der Waals surface area contributed by atoms with Gasteiger partial charge in [-0.15, -0.1) is 0 Å². The van der Waals surface area contributed by atoms with E-state index in [9.17, 15) is 18.0 Å². The van der Waals surface area contributed by atoms with E-state index >= 15 is 0 Å². The van der Waals surface area contributed by atoms with E-state index in [-0.39, 0.29) is 0 Å². The number of nitrogens with zero attached hydrogens (tertiary/aromatic N) is 1. The molecule has 0 aliphatic carbocycles. The average Bonchev–Trinajstić information content (AvgIpc) is 2.15. The van der Waals surface area contributed by atoms with Gasteiger partial charge in [-0.2, -0.15) is 13.2 Å². The van der Waals surface area contributed by atoms with Crippen molar-refractivity contribution < 1.29 is 18.0 Å². The van der Waals surface area contributed by atoms with Crippen molar-refractivity contribution in [2.75, 3.05) is 6.54 Å². The summed E-state index contributed by atoms with van der Waals surface area (Å²) in [5.41, 5.74) is 5.34. The lowest BCUT2D eigenvalue weighted by molar-refractivity contribution is -0.166. The fraction of sp³-hybridized carbons (Fsp3) is 0.900. The summed E-state index contributed by atoms with van der Waals surface area (Å²) in [4.78, 5) is 12.4. The van der Waals surface area contributed by atoms with Crippen LogP contribution in [0.15, 0.2) is 0 Å². The summed E-state index contributed by atoms with van der Waals surface area (Å²) in [6.45, 7) is 3.69. The summed E-state index contributed by atoms with van der Waals surface area (Å²) < 4.78 is 37.0. The highest BCUT2D eigenvalue weighted by atomic mass is 19.4. The molecule has 0 bridgehead atoms. The first kappa shape index (κ1) is 15.2. The quantitative estimate of drug-likeness (QED) is 0.798. The van der Waals surface area contributed by atoms with Crippen LogP contribution in [-0.4, -0.2) is 35.6 Å². The molecule has 3 nitrogen and oxygen atoms in total. The number of nitrogens with two attached hydrogens (primary N) is 1. The zero-order valence-electron chi connectivity index (χ0n) is 9.84. The van der Waals surface area contributed by atoms with Crippen molar-refractivity contribution in [2.45, 2.75) is 51.9 Å². The molecule has 0 aromatic rings. The predicted octanol–water partition coefficient (Wildman–Crippen LogP) is 1.91. The molecule has 0 saturated carbocycles. The Labute approximate surface area is 93.8 Å². The van der Waals surface area contributed by atoms with Crippen LogP contribution < -0.4 is 5.73 Å². The highest BCUT2D eigenvalue weighted by molar-refractivity contribution is 5.81. The third-order valence-corrected chi connectivity index (χ3v) is 2.41. The van der Waals surface area contributed by atoms with Crippen LogP contribution >= 0.6 is 0 Å². The van der Waals surface area contributed by atoms with Crippen molar-refractivity contribution in [3.8, 4) is 0 Å². The number of amides is 1. The standard InChI is InChI=1S/C10H19F3N2O/c1-4-8(5-2)15(6-10(11,12)13)9(16)7(3)14/h7-8H,4-6,14H2,1-3H3. The van der Waals surface area contributed by atoms with E-state index in [0.29, 0.717) is 12.8 Å². The highest BCUT2D eigenvalue weighted by Crippen LogP contribution is 2.20. The van der Waals surface area contributed by atoms with E-state index in [2.05, 4.69) is 0 Å². The van der Waals surface area contributed by atoms with Gasteiger partial charge < -0.3 is 10.6 Å². The number of hydrogen-bond acceptors (Lipinski definition) is 2. The van der Waals surface area contributed by atoms with E-state index < -0.39 is 30.7 Å². The molecule has 16 heavy (non-hydrogen) atoms. The van der Waals surface area contributed by atoms with Crippen LogP contribution in [0, 0.1) is 0 Å². The lowest BCUT2D eigenvalue weighted by Crippen LogP contribution is -2.50. The Hall–Kier alpha value is -0.780. The van der Waals surface area contributed by atoms with Crippen molar-refractivity contribution in [3.63, 3.8) is 0 Å². The van der Waals surface area contributed by atoms with Crippen LogP contribution in [0.5, 0.6) is 0 Å². The first-order chi connectivity index (χ1) is 7.22. The second kappa shape index (κ2) is 6.08. The Balaban J connectivity index is 4.82. The molecule has 0 aliphatic rings. The summed E-state index contributed by atoms with van der Waals surface area (Å²) in [6.07, 6.45) is -3.40. The number of rotatable bonds is 5. The minimum absolute atomic E-state index is 0.403. The van der Waals surface area contributed by atoms with Gasteiger partial charge in [0.15, 0.2) is 0 Å². The zero-order chi connectivity index (χ0) is 12.9. The van der Waals surface area contributed by atoms with E-state index in [0.717, 1.165) is 4.90 Å². The molecule has 96 valence electrons. The monoisotopic (exact) mass is 240 g/mol. The Morgan fingerprint density at radius 3 is 2.00 bits per heavy atom. The van der Waals surface area contributed by atoms with Gasteiger partial charge in [-0.25, -0.2) is 0 Å². The normalized spacial score (nSPS) is 14.0. The Morgan fingerprint density at radius 1 is 1.31 bits per heavy atom. The van der Waals surface area contributed by atoms with Gasteiger partial charge in [0.25, 0.3) is 0 Å². The lowest BCUT2D eigenvalue weighted by atomic mass is 10.1. The molecular formula is C10H19F3N2O. The molecule has 6 heteroatoms. The van der Waals surface area contributed by atoms with Crippen LogP contribution in [0.2, 0.25) is 0 Å². The Bertz CT molecular complexity index is 225. The van der Waals surface area contributed by atoms with Gasteiger partial charge in [0, 0.05) is 6.04 Å². The molecule has 0 rings (SSSR count). The van der Waals surface area contributed by atoms with Crippen LogP contribution in [0.4, 0.5) is 13.2 Å². The van der Waals surface area contributed by atoms with Crippen LogP contribution in [0.3, 0.4) is 0 Å². The molecule has 0 heterocycles. The molecule has 1 atom stereocenters. The van der Waals surface area contributed by atoms with E-state index in [1.807, 2.05) is 0 Å². The third-order valence-electron chi connectivity index (χ3n) is 2.41. The molecule has 0 radical (unpaired) electrons. The number of alkyl halides is 3. The van der Waals surface area contributed by atoms with Gasteiger partial charge in [-0.05, 0) is 19.8 Å². The van der Waals surface area contributed by atoms with Gasteiger partial charge in [-0.3, -0.25) is 4.79 Å². The molecule has 0 saturated heterocycles. The summed E-state index contributed by atoms with van der Waals surface area (Å²) in [5, 5.41) is 0. The second-order valence-electron chi connectivity index (χ2n) is 3.84. The van der Waals surface area contributed by atoms with E-state index in [1.54, 1.807) is 13.8 Å². The maximum absolute atomic E-state index is 12.3. The fourth-order valence-electron chi connectivity index (χ4n) is 1.57. The van der Waals surface area contributed by atoms with Crippen molar-refractivity contribution in [3.05, 3.63) is 0 Å². The van der Waals surface area contributed by atoms with Crippen molar-refractivity contribution >= 4 is 5.91 Å². The minimum atomic E-state index is -4.38. The smallest absolute Gasteiger partial charge is 0.329 e. The zero-order valence-corrected chi connectivity index (χ0v) is 9.84. The molecule has 0 aliphatic heterocycles. The first-order valence-corrected chi connectivity index (χ1v) is 5.35. The van der Waals surface area contributed by atoms with Crippen molar-refractivity contribution in [1.29, 1.82) is 0 Å². The van der Waals surface area contributed by atoms with Crippen LogP contribution in [0.25, 0.3) is 0 Å². The summed E-state index contributed by atoms with van der Waals surface area (Å²) in [6, 6.07) is -1.30. The highest BCUT2D eigenvalue weighted by Gasteiger charge is 2.36. The molecular weight excluding hydrogens is 221 g/mol.